The van der Waals surface area contributed by atoms with E-state index in [1.54, 1.807) is 13.1 Å². The Balaban J connectivity index is 0.00000364. The lowest BCUT2D eigenvalue weighted by molar-refractivity contribution is -0.0835. The Morgan fingerprint density at radius 2 is 2.11 bits per heavy atom. The molecule has 1 heterocycles. The third kappa shape index (κ3) is 6.92. The maximum absolute atomic E-state index is 13.9. The Morgan fingerprint density at radius 1 is 1.37 bits per heavy atom. The second-order valence-electron chi connectivity index (χ2n) is 7.78. The minimum atomic E-state index is -0.333. The zero-order valence-electron chi connectivity index (χ0n) is 16.5. The summed E-state index contributed by atoms with van der Waals surface area (Å²) in [4.78, 5) is 4.21. The van der Waals surface area contributed by atoms with Crippen molar-refractivity contribution in [3.8, 4) is 6.07 Å². The number of nitrogens with zero attached hydrogens (tertiary/aromatic N) is 2. The van der Waals surface area contributed by atoms with Gasteiger partial charge in [-0.1, -0.05) is 20.8 Å². The highest BCUT2D eigenvalue weighted by molar-refractivity contribution is 14.0. The number of nitrogens with one attached hydrogen (secondary N) is 2. The molecule has 0 radical (unpaired) electrons. The van der Waals surface area contributed by atoms with E-state index in [1.807, 2.05) is 6.07 Å². The van der Waals surface area contributed by atoms with E-state index in [2.05, 4.69) is 36.4 Å². The van der Waals surface area contributed by atoms with Crippen LogP contribution in [0.25, 0.3) is 0 Å². The first-order valence-electron chi connectivity index (χ1n) is 9.09. The van der Waals surface area contributed by atoms with Crippen LogP contribution in [0, 0.1) is 28.5 Å². The summed E-state index contributed by atoms with van der Waals surface area (Å²) in [7, 11) is 1.69. The fourth-order valence-electron chi connectivity index (χ4n) is 3.42. The van der Waals surface area contributed by atoms with Gasteiger partial charge in [-0.25, -0.2) is 4.39 Å². The van der Waals surface area contributed by atoms with E-state index in [1.165, 1.54) is 12.1 Å². The molecule has 1 aliphatic heterocycles. The Morgan fingerprint density at radius 3 is 2.74 bits per heavy atom. The van der Waals surface area contributed by atoms with Crippen LogP contribution in [0.1, 0.15) is 44.7 Å². The fraction of sp³-hybridized carbons (Fsp3) is 0.600. The summed E-state index contributed by atoms with van der Waals surface area (Å²) in [5.74, 6) is 0.686. The summed E-state index contributed by atoms with van der Waals surface area (Å²) in [5.41, 5.74) is 0.976. The number of ether oxygens (including phenoxy) is 1. The van der Waals surface area contributed by atoms with Gasteiger partial charge in [-0.2, -0.15) is 5.26 Å². The van der Waals surface area contributed by atoms with Gasteiger partial charge in [-0.3, -0.25) is 4.99 Å². The normalized spacial score (nSPS) is 20.4. The molecule has 0 aliphatic carbocycles. The molecule has 2 rings (SSSR count). The van der Waals surface area contributed by atoms with E-state index >= 15 is 0 Å². The first-order valence-corrected chi connectivity index (χ1v) is 9.09. The minimum absolute atomic E-state index is 0. The second kappa shape index (κ2) is 10.8. The van der Waals surface area contributed by atoms with Crippen molar-refractivity contribution in [1.29, 1.82) is 5.26 Å². The van der Waals surface area contributed by atoms with Crippen molar-refractivity contribution in [2.45, 2.75) is 46.3 Å². The van der Waals surface area contributed by atoms with Crippen molar-refractivity contribution in [1.82, 2.24) is 10.6 Å². The van der Waals surface area contributed by atoms with Gasteiger partial charge in [0.05, 0.1) is 17.7 Å². The molecule has 5 nitrogen and oxygen atoms in total. The molecule has 27 heavy (non-hydrogen) atoms. The summed E-state index contributed by atoms with van der Waals surface area (Å²) in [6, 6.07) is 6.38. The summed E-state index contributed by atoms with van der Waals surface area (Å²) in [6.45, 7) is 8.45. The van der Waals surface area contributed by atoms with E-state index in [4.69, 9.17) is 10.00 Å². The van der Waals surface area contributed by atoms with Crippen LogP contribution in [-0.2, 0) is 11.3 Å². The molecule has 0 amide bonds. The number of halogens is 2. The van der Waals surface area contributed by atoms with Crippen molar-refractivity contribution in [2.75, 3.05) is 20.2 Å². The Bertz CT molecular complexity index is 682. The van der Waals surface area contributed by atoms with Crippen molar-refractivity contribution >= 4 is 29.9 Å². The van der Waals surface area contributed by atoms with Crippen LogP contribution in [0.5, 0.6) is 0 Å². The highest BCUT2D eigenvalue weighted by Gasteiger charge is 2.35. The summed E-state index contributed by atoms with van der Waals surface area (Å²) in [5, 5.41) is 15.4. The number of rotatable bonds is 4. The first kappa shape index (κ1) is 23.6. The molecular weight excluding hydrogens is 458 g/mol. The Labute approximate surface area is 178 Å². The van der Waals surface area contributed by atoms with Crippen LogP contribution >= 0.6 is 24.0 Å². The van der Waals surface area contributed by atoms with Gasteiger partial charge < -0.3 is 15.4 Å². The molecule has 1 aliphatic rings. The van der Waals surface area contributed by atoms with Crippen LogP contribution in [0.4, 0.5) is 4.39 Å². The molecule has 0 bridgehead atoms. The van der Waals surface area contributed by atoms with Crippen molar-refractivity contribution < 1.29 is 9.13 Å². The largest absolute Gasteiger partial charge is 0.377 e. The van der Waals surface area contributed by atoms with Gasteiger partial charge in [0.15, 0.2) is 5.96 Å². The Kier molecular flexibility index (Phi) is 9.47. The van der Waals surface area contributed by atoms with Crippen molar-refractivity contribution in [3.05, 3.63) is 35.1 Å². The number of hydrogen-bond donors (Lipinski definition) is 2. The fourth-order valence-corrected chi connectivity index (χ4v) is 3.42. The molecule has 1 fully saturated rings. The number of hydrogen-bond acceptors (Lipinski definition) is 3. The van der Waals surface area contributed by atoms with Gasteiger partial charge >= 0.3 is 0 Å². The molecule has 2 atom stereocenters. The second-order valence-corrected chi connectivity index (χ2v) is 7.78. The van der Waals surface area contributed by atoms with Gasteiger partial charge in [0.2, 0.25) is 0 Å². The number of aliphatic imine (C=N–C) groups is 1. The first-order chi connectivity index (χ1) is 12.3. The quantitative estimate of drug-likeness (QED) is 0.384. The monoisotopic (exact) mass is 488 g/mol. The van der Waals surface area contributed by atoms with Crippen molar-refractivity contribution in [3.63, 3.8) is 0 Å². The molecule has 1 aromatic rings. The predicted octanol–water partition coefficient (Wildman–Crippen LogP) is 3.82. The van der Waals surface area contributed by atoms with Crippen LogP contribution in [0.3, 0.4) is 0 Å². The highest BCUT2D eigenvalue weighted by Crippen LogP contribution is 2.33. The summed E-state index contributed by atoms with van der Waals surface area (Å²) in [6.07, 6.45) is 2.38. The third-order valence-electron chi connectivity index (χ3n) is 4.67. The smallest absolute Gasteiger partial charge is 0.191 e. The Hall–Kier alpha value is -1.40. The number of nitriles is 1. The van der Waals surface area contributed by atoms with Gasteiger partial charge in [-0.15, -0.1) is 24.0 Å². The van der Waals surface area contributed by atoms with Crippen LogP contribution in [0.2, 0.25) is 0 Å². The average molecular weight is 488 g/mol. The number of guanidine groups is 1. The van der Waals surface area contributed by atoms with E-state index in [0.717, 1.165) is 26.0 Å². The van der Waals surface area contributed by atoms with E-state index in [0.29, 0.717) is 23.0 Å². The lowest BCUT2D eigenvalue weighted by atomic mass is 9.78. The third-order valence-corrected chi connectivity index (χ3v) is 4.67. The van der Waals surface area contributed by atoms with Gasteiger partial charge in [0.25, 0.3) is 0 Å². The topological polar surface area (TPSA) is 69.4 Å². The maximum atomic E-state index is 13.9. The van der Waals surface area contributed by atoms with Gasteiger partial charge in [0, 0.05) is 38.2 Å². The maximum Gasteiger partial charge on any atom is 0.191 e. The molecule has 0 spiro atoms. The number of benzene rings is 1. The highest BCUT2D eigenvalue weighted by atomic mass is 127. The lowest BCUT2D eigenvalue weighted by Crippen LogP contribution is -2.47. The SMILES string of the molecule is CN=C(NCc1cc(C#N)ccc1F)NCC1CCCOC1C(C)(C)C.I. The molecule has 1 aromatic carbocycles. The molecule has 2 N–H and O–H groups in total. The lowest BCUT2D eigenvalue weighted by Gasteiger charge is -2.40. The average Bonchev–Trinajstić information content (AvgIpc) is 2.62. The molecule has 2 unspecified atom stereocenters. The van der Waals surface area contributed by atoms with Crippen LogP contribution in [0.15, 0.2) is 23.2 Å². The molecule has 1 saturated heterocycles. The molecule has 150 valence electrons. The van der Waals surface area contributed by atoms with Gasteiger partial charge in [-0.05, 0) is 36.5 Å². The van der Waals surface area contributed by atoms with Crippen LogP contribution < -0.4 is 10.6 Å². The standard InChI is InChI=1S/C20H29FN4O.HI/c1-20(2,3)18-15(6-5-9-26-18)12-24-19(23-4)25-13-16-10-14(11-22)7-8-17(16)21;/h7-8,10,15,18H,5-6,9,12-13H2,1-4H3,(H2,23,24,25);1H. The van der Waals surface area contributed by atoms with Gasteiger partial charge in [0.1, 0.15) is 5.82 Å². The molecule has 0 aromatic heterocycles. The zero-order valence-corrected chi connectivity index (χ0v) is 18.8. The van der Waals surface area contributed by atoms with Crippen LogP contribution in [-0.4, -0.2) is 32.3 Å². The summed E-state index contributed by atoms with van der Waals surface area (Å²) < 4.78 is 19.9. The van der Waals surface area contributed by atoms with E-state index < -0.39 is 0 Å². The molecule has 7 heteroatoms. The molecule has 0 saturated carbocycles. The van der Waals surface area contributed by atoms with Crippen molar-refractivity contribution in [2.24, 2.45) is 16.3 Å². The predicted molar refractivity (Wildman–Crippen MR) is 117 cm³/mol. The summed E-state index contributed by atoms with van der Waals surface area (Å²) >= 11 is 0. The minimum Gasteiger partial charge on any atom is -0.377 e. The van der Waals surface area contributed by atoms with E-state index in [-0.39, 0.29) is 47.9 Å². The zero-order chi connectivity index (χ0) is 19.2. The molecular formula is C20H30FIN4O. The van der Waals surface area contributed by atoms with E-state index in [9.17, 15) is 4.39 Å².